The van der Waals surface area contributed by atoms with Gasteiger partial charge in [0.2, 0.25) is 0 Å². The van der Waals surface area contributed by atoms with Crippen LogP contribution in [0.2, 0.25) is 0 Å². The standard InChI is InChI=1S/C27H31FN2/c28-18-16-27(17-19-29(23-27)20-24-10-4-1-5-11-24)30(21-25-12-6-2-7-13-25)22-26-14-8-3-9-15-26/h1-15H,16-23H2. The van der Waals surface area contributed by atoms with Crippen molar-refractivity contribution >= 4 is 0 Å². The molecule has 0 aliphatic carbocycles. The first-order valence-corrected chi connectivity index (χ1v) is 10.9. The molecule has 1 unspecified atom stereocenters. The number of nitrogens with zero attached hydrogens (tertiary/aromatic N) is 2. The summed E-state index contributed by atoms with van der Waals surface area (Å²) in [7, 11) is 0. The van der Waals surface area contributed by atoms with Crippen LogP contribution in [0, 0.1) is 0 Å². The zero-order chi connectivity index (χ0) is 20.7. The lowest BCUT2D eigenvalue weighted by atomic mass is 9.90. The van der Waals surface area contributed by atoms with Crippen molar-refractivity contribution in [2.45, 2.75) is 38.0 Å². The Bertz CT molecular complexity index is 843. The number of likely N-dealkylation sites (tertiary alicyclic amines) is 1. The predicted octanol–water partition coefficient (Wildman–Crippen LogP) is 5.69. The molecule has 3 heteroatoms. The molecular weight excluding hydrogens is 371 g/mol. The normalized spacial score (nSPS) is 19.4. The van der Waals surface area contributed by atoms with E-state index in [9.17, 15) is 4.39 Å². The second kappa shape index (κ2) is 10.0. The molecule has 1 fully saturated rings. The molecule has 3 aromatic carbocycles. The van der Waals surface area contributed by atoms with E-state index in [1.54, 1.807) is 0 Å². The van der Waals surface area contributed by atoms with Gasteiger partial charge in [-0.05, 0) is 29.5 Å². The number of benzene rings is 3. The largest absolute Gasteiger partial charge is 0.297 e. The van der Waals surface area contributed by atoms with Gasteiger partial charge in [0.1, 0.15) is 0 Å². The van der Waals surface area contributed by atoms with Crippen LogP contribution < -0.4 is 0 Å². The van der Waals surface area contributed by atoms with Crippen LogP contribution in [0.25, 0.3) is 0 Å². The highest BCUT2D eigenvalue weighted by Crippen LogP contribution is 2.35. The molecule has 0 aromatic heterocycles. The molecule has 1 atom stereocenters. The lowest BCUT2D eigenvalue weighted by Gasteiger charge is -2.41. The van der Waals surface area contributed by atoms with Crippen LogP contribution in [0.15, 0.2) is 91.0 Å². The Morgan fingerprint density at radius 1 is 0.733 bits per heavy atom. The van der Waals surface area contributed by atoms with E-state index >= 15 is 0 Å². The minimum atomic E-state index is -0.279. The predicted molar refractivity (Wildman–Crippen MR) is 122 cm³/mol. The molecule has 1 heterocycles. The third-order valence-electron chi connectivity index (χ3n) is 6.32. The van der Waals surface area contributed by atoms with Crippen molar-refractivity contribution in [3.63, 3.8) is 0 Å². The van der Waals surface area contributed by atoms with Crippen molar-refractivity contribution in [2.24, 2.45) is 0 Å². The van der Waals surface area contributed by atoms with Gasteiger partial charge >= 0.3 is 0 Å². The summed E-state index contributed by atoms with van der Waals surface area (Å²) in [4.78, 5) is 5.02. The van der Waals surface area contributed by atoms with Crippen molar-refractivity contribution in [3.8, 4) is 0 Å². The van der Waals surface area contributed by atoms with E-state index in [-0.39, 0.29) is 12.2 Å². The third kappa shape index (κ3) is 5.16. The molecule has 0 saturated carbocycles. The van der Waals surface area contributed by atoms with Gasteiger partial charge in [-0.15, -0.1) is 0 Å². The van der Waals surface area contributed by atoms with E-state index in [0.29, 0.717) is 6.42 Å². The molecule has 1 aliphatic heterocycles. The molecular formula is C27H31FN2. The average Bonchev–Trinajstić information content (AvgIpc) is 3.19. The Morgan fingerprint density at radius 2 is 1.23 bits per heavy atom. The topological polar surface area (TPSA) is 6.48 Å². The van der Waals surface area contributed by atoms with Gasteiger partial charge in [-0.25, -0.2) is 0 Å². The van der Waals surface area contributed by atoms with Gasteiger partial charge in [-0.3, -0.25) is 14.2 Å². The first-order chi connectivity index (χ1) is 14.8. The maximum Gasteiger partial charge on any atom is 0.0912 e. The monoisotopic (exact) mass is 402 g/mol. The Labute approximate surface area is 180 Å². The summed E-state index contributed by atoms with van der Waals surface area (Å²) in [5, 5.41) is 0. The lowest BCUT2D eigenvalue weighted by molar-refractivity contribution is 0.0600. The summed E-state index contributed by atoms with van der Waals surface area (Å²) in [6, 6.07) is 31.8. The third-order valence-corrected chi connectivity index (χ3v) is 6.32. The Kier molecular flexibility index (Phi) is 6.93. The highest BCUT2D eigenvalue weighted by molar-refractivity contribution is 5.20. The first kappa shape index (κ1) is 20.8. The smallest absolute Gasteiger partial charge is 0.0912 e. The minimum absolute atomic E-state index is 0.144. The van der Waals surface area contributed by atoms with Crippen LogP contribution in [-0.4, -0.2) is 35.1 Å². The fraction of sp³-hybridized carbons (Fsp3) is 0.333. The van der Waals surface area contributed by atoms with E-state index in [1.807, 2.05) is 0 Å². The van der Waals surface area contributed by atoms with Crippen LogP contribution in [0.1, 0.15) is 29.5 Å². The minimum Gasteiger partial charge on any atom is -0.297 e. The maximum absolute atomic E-state index is 13.8. The van der Waals surface area contributed by atoms with Gasteiger partial charge < -0.3 is 0 Å². The molecule has 1 aliphatic rings. The summed E-state index contributed by atoms with van der Waals surface area (Å²) in [6.07, 6.45) is 1.58. The van der Waals surface area contributed by atoms with E-state index < -0.39 is 0 Å². The van der Waals surface area contributed by atoms with Gasteiger partial charge in [0.05, 0.1) is 6.67 Å². The summed E-state index contributed by atoms with van der Waals surface area (Å²) >= 11 is 0. The molecule has 4 rings (SSSR count). The number of hydrogen-bond donors (Lipinski definition) is 0. The van der Waals surface area contributed by atoms with Gasteiger partial charge in [-0.2, -0.15) is 0 Å². The Hall–Kier alpha value is -2.49. The number of alkyl halides is 1. The summed E-state index contributed by atoms with van der Waals surface area (Å²) in [5.74, 6) is 0. The molecule has 156 valence electrons. The molecule has 0 bridgehead atoms. The van der Waals surface area contributed by atoms with Crippen LogP contribution in [0.4, 0.5) is 4.39 Å². The fourth-order valence-electron chi connectivity index (χ4n) is 4.71. The van der Waals surface area contributed by atoms with E-state index in [0.717, 1.165) is 39.1 Å². The highest BCUT2D eigenvalue weighted by Gasteiger charge is 2.42. The molecule has 0 N–H and O–H groups in total. The van der Waals surface area contributed by atoms with Crippen LogP contribution in [0.3, 0.4) is 0 Å². The second-order valence-electron chi connectivity index (χ2n) is 8.44. The van der Waals surface area contributed by atoms with Crippen LogP contribution in [-0.2, 0) is 19.6 Å². The average molecular weight is 403 g/mol. The molecule has 3 aromatic rings. The van der Waals surface area contributed by atoms with Crippen LogP contribution >= 0.6 is 0 Å². The molecule has 0 amide bonds. The van der Waals surface area contributed by atoms with Crippen molar-refractivity contribution in [1.29, 1.82) is 0 Å². The molecule has 30 heavy (non-hydrogen) atoms. The van der Waals surface area contributed by atoms with Crippen LogP contribution in [0.5, 0.6) is 0 Å². The molecule has 2 nitrogen and oxygen atoms in total. The van der Waals surface area contributed by atoms with Gasteiger partial charge in [0.15, 0.2) is 0 Å². The quantitative estimate of drug-likeness (QED) is 0.453. The Morgan fingerprint density at radius 3 is 1.73 bits per heavy atom. The lowest BCUT2D eigenvalue weighted by Crippen LogP contribution is -2.50. The van der Waals surface area contributed by atoms with Crippen molar-refractivity contribution in [1.82, 2.24) is 9.80 Å². The fourth-order valence-corrected chi connectivity index (χ4v) is 4.71. The van der Waals surface area contributed by atoms with E-state index in [2.05, 4.69) is 101 Å². The molecule has 1 saturated heterocycles. The van der Waals surface area contributed by atoms with Gasteiger partial charge in [-0.1, -0.05) is 91.0 Å². The van der Waals surface area contributed by atoms with Crippen molar-refractivity contribution in [3.05, 3.63) is 108 Å². The number of hydrogen-bond acceptors (Lipinski definition) is 2. The second-order valence-corrected chi connectivity index (χ2v) is 8.44. The van der Waals surface area contributed by atoms with E-state index in [1.165, 1.54) is 16.7 Å². The Balaban J connectivity index is 1.57. The summed E-state index contributed by atoms with van der Waals surface area (Å²) in [5.41, 5.74) is 3.75. The summed E-state index contributed by atoms with van der Waals surface area (Å²) in [6.45, 7) is 4.25. The maximum atomic E-state index is 13.8. The molecule has 0 radical (unpaired) electrons. The number of rotatable bonds is 9. The highest BCUT2D eigenvalue weighted by atomic mass is 19.1. The SMILES string of the molecule is FCCC1(N(Cc2ccccc2)Cc2ccccc2)CCN(Cc2ccccc2)C1. The van der Waals surface area contributed by atoms with E-state index in [4.69, 9.17) is 0 Å². The van der Waals surface area contributed by atoms with Crippen molar-refractivity contribution < 1.29 is 4.39 Å². The van der Waals surface area contributed by atoms with Crippen molar-refractivity contribution in [2.75, 3.05) is 19.8 Å². The molecule has 0 spiro atoms. The zero-order valence-electron chi connectivity index (χ0n) is 17.6. The van der Waals surface area contributed by atoms with Gasteiger partial charge in [0, 0.05) is 38.3 Å². The first-order valence-electron chi connectivity index (χ1n) is 10.9. The zero-order valence-corrected chi connectivity index (χ0v) is 17.6. The summed E-state index contributed by atoms with van der Waals surface area (Å²) < 4.78 is 13.8. The number of halogens is 1. The van der Waals surface area contributed by atoms with Gasteiger partial charge in [0.25, 0.3) is 0 Å².